The van der Waals surface area contributed by atoms with Crippen LogP contribution in [0.5, 0.6) is 0 Å². The summed E-state index contributed by atoms with van der Waals surface area (Å²) in [4.78, 5) is 42.3. The average molecular weight is 444 g/mol. The minimum atomic E-state index is -0.646. The first-order valence-electron chi connectivity index (χ1n) is 10.7. The smallest absolute Gasteiger partial charge is 0.265 e. The fraction of sp³-hybridized carbons (Fsp3) is 0.200. The number of rotatable bonds is 8. The quantitative estimate of drug-likeness (QED) is 0.493. The Labute approximate surface area is 192 Å². The monoisotopic (exact) mass is 443 g/mol. The Morgan fingerprint density at radius 1 is 0.758 bits per heavy atom. The molecule has 2 aromatic carbocycles. The van der Waals surface area contributed by atoms with Gasteiger partial charge in [-0.05, 0) is 29.7 Å². The maximum atomic E-state index is 12.8. The number of hydrogen-bond acceptors (Lipinski definition) is 5. The van der Waals surface area contributed by atoms with Gasteiger partial charge in [0.1, 0.15) is 12.1 Å². The maximum Gasteiger partial charge on any atom is 0.265 e. The lowest BCUT2D eigenvalue weighted by molar-refractivity contribution is -0.148. The van der Waals surface area contributed by atoms with Crippen LogP contribution in [0.1, 0.15) is 27.9 Å². The zero-order valence-corrected chi connectivity index (χ0v) is 18.0. The molecule has 8 nitrogen and oxygen atoms in total. The minimum absolute atomic E-state index is 0.249. The molecule has 1 saturated heterocycles. The lowest BCUT2D eigenvalue weighted by Gasteiger charge is -2.45. The maximum absolute atomic E-state index is 12.8. The van der Waals surface area contributed by atoms with Gasteiger partial charge in [-0.15, -0.1) is 0 Å². The van der Waals surface area contributed by atoms with E-state index in [-0.39, 0.29) is 11.8 Å². The molecule has 0 spiro atoms. The van der Waals surface area contributed by atoms with E-state index in [9.17, 15) is 14.4 Å². The number of nitrogens with zero attached hydrogens (tertiary/aromatic N) is 2. The second-order valence-electron chi connectivity index (χ2n) is 7.76. The van der Waals surface area contributed by atoms with Gasteiger partial charge in [-0.2, -0.15) is 5.01 Å². The van der Waals surface area contributed by atoms with Crippen molar-refractivity contribution < 1.29 is 14.4 Å². The van der Waals surface area contributed by atoms with E-state index in [1.165, 1.54) is 17.4 Å². The molecule has 1 aromatic heterocycles. The number of nitrogens with one attached hydrogen (secondary N) is 3. The van der Waals surface area contributed by atoms with Crippen LogP contribution in [-0.2, 0) is 22.7 Å². The zero-order chi connectivity index (χ0) is 23.0. The van der Waals surface area contributed by atoms with Gasteiger partial charge in [0.25, 0.3) is 5.91 Å². The highest BCUT2D eigenvalue weighted by molar-refractivity contribution is 5.95. The molecule has 1 aliphatic heterocycles. The molecule has 0 saturated carbocycles. The van der Waals surface area contributed by atoms with Gasteiger partial charge < -0.3 is 10.6 Å². The van der Waals surface area contributed by atoms with E-state index >= 15 is 0 Å². The Bertz CT molecular complexity index is 1030. The number of benzene rings is 2. The molecule has 0 radical (unpaired) electrons. The molecule has 33 heavy (non-hydrogen) atoms. The van der Waals surface area contributed by atoms with Crippen LogP contribution < -0.4 is 16.1 Å². The van der Waals surface area contributed by atoms with E-state index in [1.807, 2.05) is 60.7 Å². The lowest BCUT2D eigenvalue weighted by Crippen LogP contribution is -2.71. The summed E-state index contributed by atoms with van der Waals surface area (Å²) in [5.74, 6) is -0.902. The van der Waals surface area contributed by atoms with Crippen LogP contribution in [0, 0.1) is 0 Å². The predicted molar refractivity (Wildman–Crippen MR) is 122 cm³/mol. The normalized spacial score (nSPS) is 17.5. The lowest BCUT2D eigenvalue weighted by atomic mass is 9.93. The molecule has 3 N–H and O–H groups in total. The highest BCUT2D eigenvalue weighted by atomic mass is 16.2. The van der Waals surface area contributed by atoms with Crippen LogP contribution in [0.15, 0.2) is 85.2 Å². The van der Waals surface area contributed by atoms with Crippen LogP contribution in [-0.4, -0.2) is 39.8 Å². The van der Waals surface area contributed by atoms with Gasteiger partial charge in [0.15, 0.2) is 0 Å². The van der Waals surface area contributed by atoms with Gasteiger partial charge in [0.05, 0.1) is 0 Å². The summed E-state index contributed by atoms with van der Waals surface area (Å²) >= 11 is 0. The van der Waals surface area contributed by atoms with Gasteiger partial charge in [-0.3, -0.25) is 24.8 Å². The van der Waals surface area contributed by atoms with E-state index in [2.05, 4.69) is 21.0 Å². The summed E-state index contributed by atoms with van der Waals surface area (Å²) < 4.78 is 0. The Kier molecular flexibility index (Phi) is 7.06. The minimum Gasteiger partial charge on any atom is -0.351 e. The molecule has 4 rings (SSSR count). The number of hydrazine groups is 1. The summed E-state index contributed by atoms with van der Waals surface area (Å²) in [6.45, 7) is 0.736. The number of pyridine rings is 1. The second-order valence-corrected chi connectivity index (χ2v) is 7.76. The van der Waals surface area contributed by atoms with Crippen molar-refractivity contribution in [2.45, 2.75) is 31.6 Å². The van der Waals surface area contributed by atoms with Crippen LogP contribution in [0.4, 0.5) is 0 Å². The summed E-state index contributed by atoms with van der Waals surface area (Å²) in [7, 11) is 0. The van der Waals surface area contributed by atoms with Gasteiger partial charge in [-0.1, -0.05) is 60.7 Å². The molecule has 3 amide bonds. The number of amides is 3. The van der Waals surface area contributed by atoms with Crippen LogP contribution in [0.3, 0.4) is 0 Å². The molecule has 2 heterocycles. The first-order valence-corrected chi connectivity index (χ1v) is 10.7. The molecular weight excluding hydrogens is 418 g/mol. The fourth-order valence-corrected chi connectivity index (χ4v) is 3.63. The highest BCUT2D eigenvalue weighted by Crippen LogP contribution is 2.24. The molecular formula is C25H25N5O3. The van der Waals surface area contributed by atoms with Crippen LogP contribution >= 0.6 is 0 Å². The van der Waals surface area contributed by atoms with Crippen molar-refractivity contribution in [3.05, 3.63) is 102 Å². The standard InChI is InChI=1S/C25H25N5O3/c31-23(20-11-13-26-14-12-20)29-30-21(24(32)27-16-18-7-3-1-4-8-18)15-22(30)25(33)28-17-19-9-5-2-6-10-19/h1-14,21-22H,15-17H2,(H,27,32)(H,28,33)(H,29,31)/t21-,22-/m0/s1. The van der Waals surface area contributed by atoms with Gasteiger partial charge in [-0.25, -0.2) is 0 Å². The van der Waals surface area contributed by atoms with Gasteiger partial charge in [0, 0.05) is 31.0 Å². The first kappa shape index (κ1) is 22.2. The van der Waals surface area contributed by atoms with E-state index < -0.39 is 18.0 Å². The van der Waals surface area contributed by atoms with Gasteiger partial charge >= 0.3 is 0 Å². The van der Waals surface area contributed by atoms with Crippen molar-refractivity contribution in [3.63, 3.8) is 0 Å². The van der Waals surface area contributed by atoms with Crippen LogP contribution in [0.2, 0.25) is 0 Å². The number of aromatic nitrogens is 1. The van der Waals surface area contributed by atoms with E-state index in [1.54, 1.807) is 12.1 Å². The summed E-state index contributed by atoms with van der Waals surface area (Å²) in [6, 6.07) is 21.0. The fourth-order valence-electron chi connectivity index (χ4n) is 3.63. The third kappa shape index (κ3) is 5.61. The Morgan fingerprint density at radius 3 is 1.73 bits per heavy atom. The van der Waals surface area contributed by atoms with E-state index in [0.717, 1.165) is 11.1 Å². The summed E-state index contributed by atoms with van der Waals surface area (Å²) in [6.07, 6.45) is 3.33. The second kappa shape index (κ2) is 10.5. The molecule has 0 aliphatic carbocycles. The Morgan fingerprint density at radius 2 is 1.24 bits per heavy atom. The molecule has 1 aliphatic rings. The molecule has 2 atom stereocenters. The van der Waals surface area contributed by atoms with Gasteiger partial charge in [0.2, 0.25) is 11.8 Å². The van der Waals surface area contributed by atoms with Crippen molar-refractivity contribution in [3.8, 4) is 0 Å². The third-order valence-corrected chi connectivity index (χ3v) is 5.52. The van der Waals surface area contributed by atoms with Crippen molar-refractivity contribution in [2.24, 2.45) is 0 Å². The largest absolute Gasteiger partial charge is 0.351 e. The highest BCUT2D eigenvalue weighted by Gasteiger charge is 2.47. The van der Waals surface area contributed by atoms with Crippen molar-refractivity contribution >= 4 is 17.7 Å². The molecule has 0 bridgehead atoms. The SMILES string of the molecule is O=C(NN1[C@H](C(=O)NCc2ccccc2)C[C@H]1C(=O)NCc1ccccc1)c1ccncc1. The average Bonchev–Trinajstić information content (AvgIpc) is 2.86. The number of carbonyl (C=O) groups is 3. The van der Waals surface area contributed by atoms with E-state index in [4.69, 9.17) is 0 Å². The Hall–Kier alpha value is -4.04. The predicted octanol–water partition coefficient (Wildman–Crippen LogP) is 1.80. The zero-order valence-electron chi connectivity index (χ0n) is 18.0. The van der Waals surface area contributed by atoms with E-state index in [0.29, 0.717) is 25.1 Å². The first-order chi connectivity index (χ1) is 16.1. The molecule has 1 fully saturated rings. The van der Waals surface area contributed by atoms with Crippen molar-refractivity contribution in [1.29, 1.82) is 0 Å². The Balaban J connectivity index is 1.41. The molecule has 0 unspecified atom stereocenters. The van der Waals surface area contributed by atoms with Crippen molar-refractivity contribution in [2.75, 3.05) is 0 Å². The topological polar surface area (TPSA) is 103 Å². The number of carbonyl (C=O) groups excluding carboxylic acids is 3. The van der Waals surface area contributed by atoms with Crippen molar-refractivity contribution in [1.82, 2.24) is 26.1 Å². The summed E-state index contributed by atoms with van der Waals surface area (Å²) in [5, 5.41) is 7.21. The summed E-state index contributed by atoms with van der Waals surface area (Å²) in [5.41, 5.74) is 5.06. The third-order valence-electron chi connectivity index (χ3n) is 5.52. The number of hydrogen-bond donors (Lipinski definition) is 3. The molecule has 8 heteroatoms. The molecule has 3 aromatic rings. The van der Waals surface area contributed by atoms with Crippen LogP contribution in [0.25, 0.3) is 0 Å². The molecule has 168 valence electrons.